The maximum absolute atomic E-state index is 12.5. The van der Waals surface area contributed by atoms with Crippen molar-refractivity contribution in [2.24, 2.45) is 0 Å². The van der Waals surface area contributed by atoms with Gasteiger partial charge in [0.1, 0.15) is 5.69 Å². The van der Waals surface area contributed by atoms with Gasteiger partial charge in [0.05, 0.1) is 5.69 Å². The van der Waals surface area contributed by atoms with Gasteiger partial charge in [0.25, 0.3) is 0 Å². The van der Waals surface area contributed by atoms with Crippen molar-refractivity contribution in [3.8, 4) is 11.3 Å². The molecule has 0 saturated carbocycles. The van der Waals surface area contributed by atoms with E-state index in [0.717, 1.165) is 6.07 Å². The van der Waals surface area contributed by atoms with Gasteiger partial charge in [-0.1, -0.05) is 0 Å². The standard InChI is InChI=1S/C11H8F3N3O/c1-6-4-7(2-3-15-6)8-5-9(11(12,13)14)17-10(18)16-8/h2-5H,1H3,(H,16,17,18). The summed E-state index contributed by atoms with van der Waals surface area (Å²) in [7, 11) is 0. The number of nitrogens with zero attached hydrogens (tertiary/aromatic N) is 2. The minimum Gasteiger partial charge on any atom is -0.302 e. The number of alkyl halides is 3. The fourth-order valence-corrected chi connectivity index (χ4v) is 1.46. The van der Waals surface area contributed by atoms with Gasteiger partial charge in [-0.2, -0.15) is 18.2 Å². The van der Waals surface area contributed by atoms with E-state index in [1.54, 1.807) is 18.0 Å². The molecule has 94 valence electrons. The first kappa shape index (κ1) is 12.3. The van der Waals surface area contributed by atoms with Crippen LogP contribution in [-0.2, 0) is 6.18 Å². The van der Waals surface area contributed by atoms with Crippen LogP contribution < -0.4 is 5.69 Å². The molecule has 0 fully saturated rings. The highest BCUT2D eigenvalue weighted by Crippen LogP contribution is 2.28. The van der Waals surface area contributed by atoms with E-state index in [0.29, 0.717) is 11.3 Å². The second kappa shape index (κ2) is 4.25. The molecule has 0 aliphatic carbocycles. The van der Waals surface area contributed by atoms with Crippen LogP contribution in [0.1, 0.15) is 11.4 Å². The molecule has 0 radical (unpaired) electrons. The van der Waals surface area contributed by atoms with Crippen molar-refractivity contribution in [3.63, 3.8) is 0 Å². The smallest absolute Gasteiger partial charge is 0.302 e. The van der Waals surface area contributed by atoms with Crippen LogP contribution in [0.5, 0.6) is 0 Å². The monoisotopic (exact) mass is 255 g/mol. The van der Waals surface area contributed by atoms with E-state index in [1.165, 1.54) is 12.3 Å². The Morgan fingerprint density at radius 1 is 1.28 bits per heavy atom. The predicted octanol–water partition coefficient (Wildman–Crippen LogP) is 2.16. The number of nitrogens with one attached hydrogen (secondary N) is 1. The number of rotatable bonds is 1. The minimum absolute atomic E-state index is 0.0309. The quantitative estimate of drug-likeness (QED) is 0.849. The maximum Gasteiger partial charge on any atom is 0.431 e. The Morgan fingerprint density at radius 2 is 2.00 bits per heavy atom. The van der Waals surface area contributed by atoms with Crippen molar-refractivity contribution in [3.05, 3.63) is 46.3 Å². The largest absolute Gasteiger partial charge is 0.431 e. The highest BCUT2D eigenvalue weighted by Gasteiger charge is 2.32. The molecule has 0 atom stereocenters. The lowest BCUT2D eigenvalue weighted by Crippen LogP contribution is -2.19. The van der Waals surface area contributed by atoms with Crippen LogP contribution in [-0.4, -0.2) is 15.0 Å². The van der Waals surface area contributed by atoms with Crippen LogP contribution in [0.25, 0.3) is 11.3 Å². The van der Waals surface area contributed by atoms with E-state index in [4.69, 9.17) is 0 Å². The Hall–Kier alpha value is -2.18. The molecule has 0 aliphatic heterocycles. The van der Waals surface area contributed by atoms with E-state index in [9.17, 15) is 18.0 Å². The number of aromatic nitrogens is 3. The van der Waals surface area contributed by atoms with Gasteiger partial charge < -0.3 is 4.98 Å². The fourth-order valence-electron chi connectivity index (χ4n) is 1.46. The average Bonchev–Trinajstić information content (AvgIpc) is 2.27. The van der Waals surface area contributed by atoms with Crippen molar-refractivity contribution in [2.45, 2.75) is 13.1 Å². The van der Waals surface area contributed by atoms with Gasteiger partial charge in [-0.15, -0.1) is 0 Å². The summed E-state index contributed by atoms with van der Waals surface area (Å²) in [4.78, 5) is 20.2. The third-order valence-corrected chi connectivity index (χ3v) is 2.24. The van der Waals surface area contributed by atoms with Crippen molar-refractivity contribution in [2.75, 3.05) is 0 Å². The number of pyridine rings is 1. The number of hydrogen-bond acceptors (Lipinski definition) is 3. The van der Waals surface area contributed by atoms with Crippen molar-refractivity contribution in [1.29, 1.82) is 0 Å². The zero-order valence-corrected chi connectivity index (χ0v) is 9.25. The third kappa shape index (κ3) is 2.55. The molecule has 0 bridgehead atoms. The van der Waals surface area contributed by atoms with Gasteiger partial charge in [0.15, 0.2) is 0 Å². The predicted molar refractivity (Wildman–Crippen MR) is 57.8 cm³/mol. The Labute approximate surface area is 99.5 Å². The van der Waals surface area contributed by atoms with Gasteiger partial charge >= 0.3 is 11.9 Å². The van der Waals surface area contributed by atoms with Crippen LogP contribution in [0.4, 0.5) is 13.2 Å². The molecule has 0 saturated heterocycles. The van der Waals surface area contributed by atoms with Crippen molar-refractivity contribution in [1.82, 2.24) is 15.0 Å². The topological polar surface area (TPSA) is 58.6 Å². The number of aromatic amines is 1. The molecule has 1 N–H and O–H groups in total. The Morgan fingerprint density at radius 3 is 2.61 bits per heavy atom. The van der Waals surface area contributed by atoms with Gasteiger partial charge in [-0.25, -0.2) is 4.79 Å². The molecule has 2 heterocycles. The number of H-pyrrole nitrogens is 1. The summed E-state index contributed by atoms with van der Waals surface area (Å²) >= 11 is 0. The summed E-state index contributed by atoms with van der Waals surface area (Å²) in [5.74, 6) is 0. The van der Waals surface area contributed by atoms with Crippen molar-refractivity contribution < 1.29 is 13.2 Å². The molecular weight excluding hydrogens is 247 g/mol. The Bertz CT molecular complexity index is 634. The molecule has 2 aromatic heterocycles. The summed E-state index contributed by atoms with van der Waals surface area (Å²) in [5.41, 5.74) is -1.14. The number of aryl methyl sites for hydroxylation is 1. The van der Waals surface area contributed by atoms with Gasteiger partial charge in [-0.05, 0) is 25.1 Å². The second-order valence-corrected chi connectivity index (χ2v) is 3.67. The molecule has 0 unspecified atom stereocenters. The van der Waals surface area contributed by atoms with Gasteiger partial charge in [0, 0.05) is 17.5 Å². The van der Waals surface area contributed by atoms with E-state index in [-0.39, 0.29) is 5.69 Å². The van der Waals surface area contributed by atoms with E-state index < -0.39 is 17.6 Å². The second-order valence-electron chi connectivity index (χ2n) is 3.67. The molecule has 0 aromatic carbocycles. The average molecular weight is 255 g/mol. The van der Waals surface area contributed by atoms with Crippen LogP contribution >= 0.6 is 0 Å². The number of hydrogen-bond donors (Lipinski definition) is 1. The lowest BCUT2D eigenvalue weighted by atomic mass is 10.1. The lowest BCUT2D eigenvalue weighted by molar-refractivity contribution is -0.141. The first-order chi connectivity index (χ1) is 8.36. The lowest BCUT2D eigenvalue weighted by Gasteiger charge is -2.07. The Balaban J connectivity index is 2.59. The first-order valence-corrected chi connectivity index (χ1v) is 4.98. The van der Waals surface area contributed by atoms with Crippen LogP contribution in [0.3, 0.4) is 0 Å². The summed E-state index contributed by atoms with van der Waals surface area (Å²) in [6.45, 7) is 1.70. The van der Waals surface area contributed by atoms with E-state index in [2.05, 4.69) is 9.97 Å². The highest BCUT2D eigenvalue weighted by atomic mass is 19.4. The Kier molecular flexibility index (Phi) is 2.90. The summed E-state index contributed by atoms with van der Waals surface area (Å²) in [5, 5.41) is 0. The fraction of sp³-hybridized carbons (Fsp3) is 0.182. The zero-order valence-electron chi connectivity index (χ0n) is 9.25. The van der Waals surface area contributed by atoms with Gasteiger partial charge in [-0.3, -0.25) is 4.98 Å². The highest BCUT2D eigenvalue weighted by molar-refractivity contribution is 5.59. The number of halogens is 3. The first-order valence-electron chi connectivity index (χ1n) is 4.98. The third-order valence-electron chi connectivity index (χ3n) is 2.24. The zero-order chi connectivity index (χ0) is 13.3. The molecule has 0 amide bonds. The molecular formula is C11H8F3N3O. The SMILES string of the molecule is Cc1cc(-c2cc(C(F)(F)F)[nH]c(=O)n2)ccn1. The molecule has 7 heteroatoms. The van der Waals surface area contributed by atoms with Crippen LogP contribution in [0, 0.1) is 6.92 Å². The summed E-state index contributed by atoms with van der Waals surface area (Å²) in [6.07, 6.45) is -3.17. The normalized spacial score (nSPS) is 11.6. The minimum atomic E-state index is -4.61. The molecule has 2 aromatic rings. The van der Waals surface area contributed by atoms with E-state index in [1.807, 2.05) is 0 Å². The molecule has 0 spiro atoms. The van der Waals surface area contributed by atoms with E-state index >= 15 is 0 Å². The molecule has 2 rings (SSSR count). The van der Waals surface area contributed by atoms with Crippen LogP contribution in [0.2, 0.25) is 0 Å². The van der Waals surface area contributed by atoms with Crippen LogP contribution in [0.15, 0.2) is 29.2 Å². The van der Waals surface area contributed by atoms with Gasteiger partial charge in [0.2, 0.25) is 0 Å². The molecule has 0 aliphatic rings. The summed E-state index contributed by atoms with van der Waals surface area (Å²) < 4.78 is 37.6. The summed E-state index contributed by atoms with van der Waals surface area (Å²) in [6, 6.07) is 3.85. The van der Waals surface area contributed by atoms with Crippen molar-refractivity contribution >= 4 is 0 Å². The molecule has 18 heavy (non-hydrogen) atoms. The maximum atomic E-state index is 12.5. The molecule has 4 nitrogen and oxygen atoms in total.